The van der Waals surface area contributed by atoms with Gasteiger partial charge in [0.1, 0.15) is 0 Å². The summed E-state index contributed by atoms with van der Waals surface area (Å²) in [6.45, 7) is 3.98. The topological polar surface area (TPSA) is 68.0 Å². The molecule has 1 amide bonds. The van der Waals surface area contributed by atoms with E-state index in [0.717, 1.165) is 35.1 Å². The van der Waals surface area contributed by atoms with Gasteiger partial charge in [-0.25, -0.2) is 0 Å². The van der Waals surface area contributed by atoms with E-state index in [9.17, 15) is 4.79 Å². The van der Waals surface area contributed by atoms with Gasteiger partial charge in [-0.1, -0.05) is 13.3 Å². The molecule has 19 heavy (non-hydrogen) atoms. The molecule has 4 nitrogen and oxygen atoms in total. The quantitative estimate of drug-likeness (QED) is 0.883. The highest BCUT2D eigenvalue weighted by atomic mass is 16.1. The van der Waals surface area contributed by atoms with Crippen molar-refractivity contribution in [2.45, 2.75) is 33.1 Å². The summed E-state index contributed by atoms with van der Waals surface area (Å²) in [7, 11) is 0. The second-order valence-corrected chi connectivity index (χ2v) is 4.74. The number of benzene rings is 1. The zero-order valence-corrected chi connectivity index (χ0v) is 11.4. The number of aromatic nitrogens is 1. The molecule has 0 saturated carbocycles. The average Bonchev–Trinajstić information content (AvgIpc) is 2.37. The van der Waals surface area contributed by atoms with Crippen LogP contribution in [-0.4, -0.2) is 10.9 Å². The van der Waals surface area contributed by atoms with Crippen LogP contribution in [0, 0.1) is 6.92 Å². The zero-order valence-electron chi connectivity index (χ0n) is 11.4. The second kappa shape index (κ2) is 5.69. The van der Waals surface area contributed by atoms with Crippen molar-refractivity contribution < 1.29 is 4.79 Å². The summed E-state index contributed by atoms with van der Waals surface area (Å²) in [6, 6.07) is 7.46. The van der Waals surface area contributed by atoms with E-state index in [1.165, 1.54) is 0 Å². The smallest absolute Gasteiger partial charge is 0.224 e. The first-order chi connectivity index (χ1) is 9.10. The Labute approximate surface area is 113 Å². The Morgan fingerprint density at radius 1 is 1.37 bits per heavy atom. The van der Waals surface area contributed by atoms with Crippen molar-refractivity contribution in [3.63, 3.8) is 0 Å². The van der Waals surface area contributed by atoms with E-state index < -0.39 is 0 Å². The molecule has 2 aromatic rings. The molecule has 1 aromatic carbocycles. The Balaban J connectivity index is 2.24. The molecule has 2 rings (SSSR count). The lowest BCUT2D eigenvalue weighted by molar-refractivity contribution is -0.116. The van der Waals surface area contributed by atoms with Crippen molar-refractivity contribution in [2.75, 3.05) is 11.1 Å². The normalized spacial score (nSPS) is 10.6. The second-order valence-electron chi connectivity index (χ2n) is 4.74. The number of nitrogens with one attached hydrogen (secondary N) is 1. The Kier molecular flexibility index (Phi) is 4.00. The highest BCUT2D eigenvalue weighted by Gasteiger charge is 2.05. The molecule has 0 fully saturated rings. The highest BCUT2D eigenvalue weighted by Crippen LogP contribution is 2.24. The predicted octanol–water partition coefficient (Wildman–Crippen LogP) is 3.25. The van der Waals surface area contributed by atoms with E-state index in [-0.39, 0.29) is 5.91 Å². The molecule has 0 saturated heterocycles. The Hall–Kier alpha value is -2.10. The molecule has 1 heterocycles. The summed E-state index contributed by atoms with van der Waals surface area (Å²) in [5, 5.41) is 3.76. The number of nitrogens with two attached hydrogens (primary N) is 1. The maximum Gasteiger partial charge on any atom is 0.224 e. The van der Waals surface area contributed by atoms with E-state index in [1.807, 2.05) is 31.2 Å². The van der Waals surface area contributed by atoms with Crippen LogP contribution >= 0.6 is 0 Å². The standard InChI is InChI=1S/C15H19N3O/c1-3-4-5-15(19)18-11-6-7-14-12(9-11)13(16)8-10(2)17-14/h6-9H,3-5H2,1-2H3,(H2,16,17)(H,18,19). The van der Waals surface area contributed by atoms with Crippen molar-refractivity contribution in [3.8, 4) is 0 Å². The number of carbonyl (C=O) groups is 1. The van der Waals surface area contributed by atoms with Gasteiger partial charge in [0.2, 0.25) is 5.91 Å². The summed E-state index contributed by atoms with van der Waals surface area (Å²) in [5.74, 6) is 0.0415. The van der Waals surface area contributed by atoms with Crippen LogP contribution in [0.3, 0.4) is 0 Å². The van der Waals surface area contributed by atoms with Crippen molar-refractivity contribution >= 4 is 28.2 Å². The summed E-state index contributed by atoms with van der Waals surface area (Å²) in [6.07, 6.45) is 2.47. The molecule has 4 heteroatoms. The number of aryl methyl sites for hydroxylation is 1. The van der Waals surface area contributed by atoms with E-state index in [4.69, 9.17) is 5.73 Å². The third kappa shape index (κ3) is 3.22. The van der Waals surface area contributed by atoms with Gasteiger partial charge in [0.25, 0.3) is 0 Å². The lowest BCUT2D eigenvalue weighted by atomic mass is 10.1. The molecular formula is C15H19N3O. The third-order valence-electron chi connectivity index (χ3n) is 3.01. The van der Waals surface area contributed by atoms with Crippen LogP contribution in [0.5, 0.6) is 0 Å². The molecule has 3 N–H and O–H groups in total. The van der Waals surface area contributed by atoms with Gasteiger partial charge in [-0.3, -0.25) is 9.78 Å². The minimum absolute atomic E-state index is 0.0415. The van der Waals surface area contributed by atoms with Gasteiger partial charge in [-0.15, -0.1) is 0 Å². The van der Waals surface area contributed by atoms with Gasteiger partial charge in [-0.05, 0) is 37.6 Å². The van der Waals surface area contributed by atoms with Crippen LogP contribution in [0.2, 0.25) is 0 Å². The molecule has 0 aliphatic carbocycles. The maximum atomic E-state index is 11.7. The number of anilines is 2. The SMILES string of the molecule is CCCCC(=O)Nc1ccc2nc(C)cc(N)c2c1. The zero-order chi connectivity index (χ0) is 13.8. The first-order valence-electron chi connectivity index (χ1n) is 6.57. The number of unbranched alkanes of at least 4 members (excludes halogenated alkanes) is 1. The van der Waals surface area contributed by atoms with Crippen LogP contribution in [0.25, 0.3) is 10.9 Å². The van der Waals surface area contributed by atoms with Crippen LogP contribution in [0.15, 0.2) is 24.3 Å². The average molecular weight is 257 g/mol. The molecule has 0 spiro atoms. The summed E-state index contributed by atoms with van der Waals surface area (Å²) in [5.41, 5.74) is 9.19. The number of rotatable bonds is 4. The first kappa shape index (κ1) is 13.3. The van der Waals surface area contributed by atoms with Gasteiger partial charge >= 0.3 is 0 Å². The molecule has 0 radical (unpaired) electrons. The Morgan fingerprint density at radius 2 is 2.16 bits per heavy atom. The summed E-state index contributed by atoms with van der Waals surface area (Å²) in [4.78, 5) is 16.1. The molecule has 0 bridgehead atoms. The summed E-state index contributed by atoms with van der Waals surface area (Å²) >= 11 is 0. The lowest BCUT2D eigenvalue weighted by Crippen LogP contribution is -2.10. The monoisotopic (exact) mass is 257 g/mol. The van der Waals surface area contributed by atoms with E-state index in [2.05, 4.69) is 17.2 Å². The van der Waals surface area contributed by atoms with E-state index >= 15 is 0 Å². The fourth-order valence-electron chi connectivity index (χ4n) is 2.03. The molecule has 0 atom stereocenters. The van der Waals surface area contributed by atoms with Gasteiger partial charge < -0.3 is 11.1 Å². The number of amides is 1. The van der Waals surface area contributed by atoms with Gasteiger partial charge in [0.15, 0.2) is 0 Å². The number of nitrogens with zero attached hydrogens (tertiary/aromatic N) is 1. The van der Waals surface area contributed by atoms with E-state index in [1.54, 1.807) is 0 Å². The molecule has 0 aliphatic heterocycles. The van der Waals surface area contributed by atoms with Crippen LogP contribution in [0.1, 0.15) is 31.9 Å². The molecule has 0 unspecified atom stereocenters. The largest absolute Gasteiger partial charge is 0.398 e. The van der Waals surface area contributed by atoms with Crippen LogP contribution in [0.4, 0.5) is 11.4 Å². The fourth-order valence-corrected chi connectivity index (χ4v) is 2.03. The minimum atomic E-state index is 0.0415. The molecule has 0 aliphatic rings. The third-order valence-corrected chi connectivity index (χ3v) is 3.01. The highest BCUT2D eigenvalue weighted by molar-refractivity contribution is 5.97. The van der Waals surface area contributed by atoms with Gasteiger partial charge in [0.05, 0.1) is 5.52 Å². The van der Waals surface area contributed by atoms with Crippen LogP contribution in [-0.2, 0) is 4.79 Å². The number of nitrogen functional groups attached to an aromatic ring is 1. The fraction of sp³-hybridized carbons (Fsp3) is 0.333. The first-order valence-corrected chi connectivity index (χ1v) is 6.57. The van der Waals surface area contributed by atoms with Crippen molar-refractivity contribution in [3.05, 3.63) is 30.0 Å². The maximum absolute atomic E-state index is 11.7. The lowest BCUT2D eigenvalue weighted by Gasteiger charge is -2.08. The molecule has 1 aromatic heterocycles. The number of fused-ring (bicyclic) bond motifs is 1. The molecule has 100 valence electrons. The number of hydrogen-bond donors (Lipinski definition) is 2. The van der Waals surface area contributed by atoms with Crippen molar-refractivity contribution in [1.29, 1.82) is 0 Å². The van der Waals surface area contributed by atoms with E-state index in [0.29, 0.717) is 12.1 Å². The number of carbonyl (C=O) groups excluding carboxylic acids is 1. The predicted molar refractivity (Wildman–Crippen MR) is 79.0 cm³/mol. The minimum Gasteiger partial charge on any atom is -0.398 e. The Bertz CT molecular complexity index is 608. The van der Waals surface area contributed by atoms with Gasteiger partial charge in [-0.2, -0.15) is 0 Å². The number of hydrogen-bond acceptors (Lipinski definition) is 3. The Morgan fingerprint density at radius 3 is 2.89 bits per heavy atom. The van der Waals surface area contributed by atoms with Crippen LogP contribution < -0.4 is 11.1 Å². The van der Waals surface area contributed by atoms with Gasteiger partial charge in [0, 0.05) is 28.9 Å². The van der Waals surface area contributed by atoms with Crippen molar-refractivity contribution in [2.24, 2.45) is 0 Å². The molecular weight excluding hydrogens is 238 g/mol. The summed E-state index contributed by atoms with van der Waals surface area (Å²) < 4.78 is 0. The number of pyridine rings is 1. The van der Waals surface area contributed by atoms with Crippen molar-refractivity contribution in [1.82, 2.24) is 4.98 Å².